The Morgan fingerprint density at radius 1 is 1.06 bits per heavy atom. The first kappa shape index (κ1) is 19.6. The number of fused-ring (bicyclic) bond motifs is 1. The Hall–Kier alpha value is -3.36. The minimum atomic E-state index is -0.100. The second-order valence-corrected chi connectivity index (χ2v) is 8.66. The van der Waals surface area contributed by atoms with Crippen LogP contribution in [-0.2, 0) is 17.8 Å². The number of amides is 1. The molecule has 2 aromatic heterocycles. The van der Waals surface area contributed by atoms with Crippen LogP contribution in [0.4, 0.5) is 5.69 Å². The fourth-order valence-corrected chi connectivity index (χ4v) is 4.78. The summed E-state index contributed by atoms with van der Waals surface area (Å²) in [5.41, 5.74) is 2.45. The molecule has 0 saturated carbocycles. The van der Waals surface area contributed by atoms with E-state index in [1.54, 1.807) is 22.7 Å². The monoisotopic (exact) mass is 450 g/mol. The van der Waals surface area contributed by atoms with E-state index in [0.29, 0.717) is 18.1 Å². The summed E-state index contributed by atoms with van der Waals surface area (Å²) in [6.07, 6.45) is 0.236. The molecule has 0 fully saturated rings. The predicted octanol–water partition coefficient (Wildman–Crippen LogP) is 5.36. The first-order valence-electron chi connectivity index (χ1n) is 9.62. The summed E-state index contributed by atoms with van der Waals surface area (Å²) < 4.78 is 16.5. The predicted molar refractivity (Wildman–Crippen MR) is 121 cm³/mol. The van der Waals surface area contributed by atoms with Crippen molar-refractivity contribution in [2.24, 2.45) is 0 Å². The third kappa shape index (κ3) is 4.70. The van der Waals surface area contributed by atoms with Crippen LogP contribution in [0.1, 0.15) is 11.3 Å². The number of carbonyl (C=O) groups is 1. The molecule has 31 heavy (non-hydrogen) atoms. The van der Waals surface area contributed by atoms with Crippen LogP contribution in [0.5, 0.6) is 17.2 Å². The summed E-state index contributed by atoms with van der Waals surface area (Å²) in [6, 6.07) is 17.1. The summed E-state index contributed by atoms with van der Waals surface area (Å²) in [6.45, 7) is 0.608. The maximum Gasteiger partial charge on any atom is 0.231 e. The van der Waals surface area contributed by atoms with E-state index in [0.717, 1.165) is 32.6 Å². The van der Waals surface area contributed by atoms with Gasteiger partial charge in [-0.1, -0.05) is 18.2 Å². The van der Waals surface area contributed by atoms with Crippen molar-refractivity contribution in [3.63, 3.8) is 0 Å². The number of hydrogen-bond donors (Lipinski definition) is 1. The van der Waals surface area contributed by atoms with E-state index in [2.05, 4.69) is 10.3 Å². The van der Waals surface area contributed by atoms with Crippen molar-refractivity contribution in [1.82, 2.24) is 4.98 Å². The van der Waals surface area contributed by atoms with Crippen molar-refractivity contribution < 1.29 is 19.0 Å². The Morgan fingerprint density at radius 3 is 2.90 bits per heavy atom. The molecule has 1 amide bonds. The lowest BCUT2D eigenvalue weighted by molar-refractivity contribution is -0.115. The van der Waals surface area contributed by atoms with Crippen molar-refractivity contribution in [1.29, 1.82) is 0 Å². The maximum absolute atomic E-state index is 12.5. The molecule has 6 nitrogen and oxygen atoms in total. The van der Waals surface area contributed by atoms with Crippen LogP contribution in [-0.4, -0.2) is 17.7 Å². The molecular formula is C23H18N2O4S2. The maximum atomic E-state index is 12.5. The lowest BCUT2D eigenvalue weighted by atomic mass is 10.2. The molecule has 1 aliphatic heterocycles. The highest BCUT2D eigenvalue weighted by Gasteiger charge is 2.14. The summed E-state index contributed by atoms with van der Waals surface area (Å²) in [5, 5.41) is 7.84. The Kier molecular flexibility index (Phi) is 5.56. The van der Waals surface area contributed by atoms with Gasteiger partial charge in [-0.25, -0.2) is 4.98 Å². The molecular weight excluding hydrogens is 432 g/mol. The summed E-state index contributed by atoms with van der Waals surface area (Å²) >= 11 is 3.20. The molecule has 0 saturated heterocycles. The van der Waals surface area contributed by atoms with Crippen molar-refractivity contribution in [2.75, 3.05) is 12.1 Å². The third-order valence-electron chi connectivity index (χ3n) is 4.59. The Bertz CT molecular complexity index is 1200. The Balaban J connectivity index is 1.18. The number of ether oxygens (including phenoxy) is 3. The van der Waals surface area contributed by atoms with Crippen LogP contribution in [0.3, 0.4) is 0 Å². The van der Waals surface area contributed by atoms with Gasteiger partial charge in [-0.3, -0.25) is 4.79 Å². The van der Waals surface area contributed by atoms with Crippen molar-refractivity contribution >= 4 is 34.3 Å². The van der Waals surface area contributed by atoms with Gasteiger partial charge in [0.15, 0.2) is 11.5 Å². The van der Waals surface area contributed by atoms with Gasteiger partial charge in [-0.15, -0.1) is 22.7 Å². The van der Waals surface area contributed by atoms with Crippen LogP contribution in [0.25, 0.3) is 9.88 Å². The van der Waals surface area contributed by atoms with Gasteiger partial charge in [0.05, 0.1) is 17.0 Å². The number of nitrogens with zero attached hydrogens (tertiary/aromatic N) is 1. The molecule has 0 bridgehead atoms. The van der Waals surface area contributed by atoms with Gasteiger partial charge in [0.25, 0.3) is 0 Å². The first-order chi connectivity index (χ1) is 15.2. The van der Waals surface area contributed by atoms with Crippen LogP contribution in [0, 0.1) is 0 Å². The van der Waals surface area contributed by atoms with Crippen LogP contribution in [0.15, 0.2) is 65.4 Å². The fraction of sp³-hybridized carbons (Fsp3) is 0.130. The SMILES string of the molecule is O=C(Cc1csc(-c2cccs2)n1)Nc1cccc(COc2ccc3c(c2)OCO3)c1. The molecule has 1 N–H and O–H groups in total. The van der Waals surface area contributed by atoms with E-state index in [9.17, 15) is 4.79 Å². The van der Waals surface area contributed by atoms with Crippen LogP contribution < -0.4 is 19.5 Å². The highest BCUT2D eigenvalue weighted by Crippen LogP contribution is 2.35. The standard InChI is InChI=1S/C23H18N2O4S2/c26-22(10-17-13-31-23(25-17)21-5-2-8-30-21)24-16-4-1-3-15(9-16)12-27-18-6-7-19-20(11-18)29-14-28-19/h1-9,11,13H,10,12,14H2,(H,24,26). The zero-order valence-corrected chi connectivity index (χ0v) is 18.0. The number of thiazole rings is 1. The zero-order valence-electron chi connectivity index (χ0n) is 16.4. The highest BCUT2D eigenvalue weighted by atomic mass is 32.1. The van der Waals surface area contributed by atoms with Crippen molar-refractivity contribution in [2.45, 2.75) is 13.0 Å². The number of hydrogen-bond acceptors (Lipinski definition) is 7. The lowest BCUT2D eigenvalue weighted by Gasteiger charge is -2.09. The molecule has 0 unspecified atom stereocenters. The molecule has 2 aromatic carbocycles. The summed E-state index contributed by atoms with van der Waals surface area (Å²) in [7, 11) is 0. The molecule has 8 heteroatoms. The number of thiophene rings is 1. The molecule has 0 radical (unpaired) electrons. The average molecular weight is 451 g/mol. The summed E-state index contributed by atoms with van der Waals surface area (Å²) in [4.78, 5) is 18.2. The molecule has 0 spiro atoms. The van der Waals surface area contributed by atoms with Crippen molar-refractivity contribution in [3.8, 4) is 27.1 Å². The minimum absolute atomic E-state index is 0.100. The number of rotatable bonds is 7. The van der Waals surface area contributed by atoms with Gasteiger partial charge in [0.2, 0.25) is 12.7 Å². The van der Waals surface area contributed by atoms with Crippen molar-refractivity contribution in [3.05, 3.63) is 76.6 Å². The number of carbonyl (C=O) groups excluding carboxylic acids is 1. The normalized spacial score (nSPS) is 12.0. The molecule has 156 valence electrons. The van der Waals surface area contributed by atoms with Gasteiger partial charge in [-0.2, -0.15) is 0 Å². The van der Waals surface area contributed by atoms with E-state index in [1.165, 1.54) is 0 Å². The highest BCUT2D eigenvalue weighted by molar-refractivity contribution is 7.20. The topological polar surface area (TPSA) is 69.7 Å². The Labute approximate surface area is 187 Å². The van der Waals surface area contributed by atoms with Crippen LogP contribution in [0.2, 0.25) is 0 Å². The minimum Gasteiger partial charge on any atom is -0.489 e. The smallest absolute Gasteiger partial charge is 0.231 e. The third-order valence-corrected chi connectivity index (χ3v) is 6.52. The molecule has 4 aromatic rings. The number of anilines is 1. The largest absolute Gasteiger partial charge is 0.489 e. The first-order valence-corrected chi connectivity index (χ1v) is 11.4. The van der Waals surface area contributed by atoms with Gasteiger partial charge in [0.1, 0.15) is 17.4 Å². The second kappa shape index (κ2) is 8.79. The number of nitrogens with one attached hydrogen (secondary N) is 1. The van der Waals surface area contributed by atoms with E-state index in [4.69, 9.17) is 14.2 Å². The van der Waals surface area contributed by atoms with Gasteiger partial charge in [0, 0.05) is 17.1 Å². The van der Waals surface area contributed by atoms with E-state index >= 15 is 0 Å². The average Bonchev–Trinajstić information content (AvgIpc) is 3.53. The lowest BCUT2D eigenvalue weighted by Crippen LogP contribution is -2.14. The molecule has 0 atom stereocenters. The molecule has 3 heterocycles. The molecule has 1 aliphatic rings. The number of aromatic nitrogens is 1. The van der Waals surface area contributed by atoms with E-state index in [1.807, 2.05) is 65.4 Å². The fourth-order valence-electron chi connectivity index (χ4n) is 3.14. The quantitative estimate of drug-likeness (QED) is 0.410. The molecule has 5 rings (SSSR count). The zero-order chi connectivity index (χ0) is 21.0. The summed E-state index contributed by atoms with van der Waals surface area (Å²) in [5.74, 6) is 2.00. The van der Waals surface area contributed by atoms with Gasteiger partial charge < -0.3 is 19.5 Å². The van der Waals surface area contributed by atoms with E-state index < -0.39 is 0 Å². The Morgan fingerprint density at radius 2 is 2.00 bits per heavy atom. The molecule has 0 aliphatic carbocycles. The van der Waals surface area contributed by atoms with Gasteiger partial charge in [-0.05, 0) is 41.3 Å². The second-order valence-electron chi connectivity index (χ2n) is 6.85. The van der Waals surface area contributed by atoms with E-state index in [-0.39, 0.29) is 19.1 Å². The number of benzene rings is 2. The van der Waals surface area contributed by atoms with Crippen LogP contribution >= 0.6 is 22.7 Å². The van der Waals surface area contributed by atoms with Gasteiger partial charge >= 0.3 is 0 Å².